The second kappa shape index (κ2) is 17.6. The number of rotatable bonds is 7. The molecule has 2 aliphatic rings. The van der Waals surface area contributed by atoms with E-state index in [1.54, 1.807) is 31.2 Å². The van der Waals surface area contributed by atoms with Crippen LogP contribution in [0.4, 0.5) is 0 Å². The van der Waals surface area contributed by atoms with Crippen molar-refractivity contribution in [2.24, 2.45) is 5.92 Å². The van der Waals surface area contributed by atoms with Crippen molar-refractivity contribution in [3.05, 3.63) is 65.7 Å². The van der Waals surface area contributed by atoms with Crippen LogP contribution in [0, 0.1) is 5.92 Å². The highest BCUT2D eigenvalue weighted by molar-refractivity contribution is 6.01. The summed E-state index contributed by atoms with van der Waals surface area (Å²) in [4.78, 5) is 72.1. The molecule has 2 aromatic rings. The van der Waals surface area contributed by atoms with E-state index in [0.29, 0.717) is 13.1 Å². The van der Waals surface area contributed by atoms with Gasteiger partial charge in [0.1, 0.15) is 30.5 Å². The molecular weight excluding hydrogens is 612 g/mol. The van der Waals surface area contributed by atoms with Crippen LogP contribution in [-0.4, -0.2) is 103 Å². The van der Waals surface area contributed by atoms with Crippen molar-refractivity contribution in [3.63, 3.8) is 0 Å². The van der Waals surface area contributed by atoms with Crippen LogP contribution in [-0.2, 0) is 25.6 Å². The molecular formula is C36H50N6O6. The fourth-order valence-electron chi connectivity index (χ4n) is 5.98. The molecule has 2 heterocycles. The van der Waals surface area contributed by atoms with Gasteiger partial charge in [0.25, 0.3) is 5.91 Å². The summed E-state index contributed by atoms with van der Waals surface area (Å²) in [6.45, 7) is 8.45. The normalized spacial score (nSPS) is 23.6. The Morgan fingerprint density at radius 2 is 1.60 bits per heavy atom. The van der Waals surface area contributed by atoms with Crippen molar-refractivity contribution >= 4 is 29.5 Å². The number of hydrogen-bond donors (Lipinski definition) is 4. The Bertz CT molecular complexity index is 1410. The number of piperidine rings is 1. The van der Waals surface area contributed by atoms with Crippen LogP contribution >= 0.6 is 0 Å². The molecule has 4 atom stereocenters. The lowest BCUT2D eigenvalue weighted by Crippen LogP contribution is -2.58. The minimum absolute atomic E-state index is 0.0487. The predicted octanol–water partition coefficient (Wildman–Crippen LogP) is 1.88. The minimum Gasteiger partial charge on any atom is -0.491 e. The number of carbonyl (C=O) groups is 5. The minimum atomic E-state index is -1.22. The average Bonchev–Trinajstić information content (AvgIpc) is 3.08. The fraction of sp³-hybridized carbons (Fsp3) is 0.528. The van der Waals surface area contributed by atoms with Gasteiger partial charge in [-0.15, -0.1) is 0 Å². The maximum atomic E-state index is 13.9. The number of likely N-dealkylation sites (tertiary alicyclic amines) is 1. The fourth-order valence-corrected chi connectivity index (χ4v) is 5.98. The molecule has 4 N–H and O–H groups in total. The summed E-state index contributed by atoms with van der Waals surface area (Å²) in [6.07, 6.45) is 3.23. The third-order valence-electron chi connectivity index (χ3n) is 8.87. The second-order valence-corrected chi connectivity index (χ2v) is 13.1. The first-order valence-electron chi connectivity index (χ1n) is 17.0. The van der Waals surface area contributed by atoms with Crippen LogP contribution in [0.1, 0.15) is 62.4 Å². The molecule has 0 unspecified atom stereocenters. The van der Waals surface area contributed by atoms with E-state index in [9.17, 15) is 24.0 Å². The van der Waals surface area contributed by atoms with Crippen molar-refractivity contribution in [1.82, 2.24) is 31.1 Å². The summed E-state index contributed by atoms with van der Waals surface area (Å²) in [6, 6.07) is 12.3. The summed E-state index contributed by atoms with van der Waals surface area (Å²) < 4.78 is 5.97. The SMILES string of the molecule is CC(C)[C@H]1NC(=O)[C@H](Cc2ccccc2)N(C)C(=O)C[C@@H](C(=O)NCCN2CCCCC2)NC(=O)c2ccccc2OC[C@H](C)NC1=O. The molecule has 2 aromatic carbocycles. The molecule has 4 rings (SSSR count). The standard InChI is InChI=1S/C36H50N6O6/c1-24(2)32-36(47)38-25(3)23-48-30-16-10-9-15-27(30)33(44)39-28(34(45)37-17-20-42-18-11-6-12-19-42)22-31(43)41(4)29(35(46)40-32)21-26-13-7-5-8-14-26/h5,7-10,13-16,24-25,28-29,32H,6,11-12,17-23H2,1-4H3,(H,37,45)(H,38,47)(H,39,44)(H,40,46)/t25-,28-,29-,32+/m0/s1. The van der Waals surface area contributed by atoms with E-state index in [0.717, 1.165) is 31.5 Å². The monoisotopic (exact) mass is 662 g/mol. The van der Waals surface area contributed by atoms with E-state index in [1.165, 1.54) is 18.4 Å². The Kier molecular flexibility index (Phi) is 13.4. The van der Waals surface area contributed by atoms with Gasteiger partial charge in [0.05, 0.1) is 18.0 Å². The Labute approximate surface area is 283 Å². The highest BCUT2D eigenvalue weighted by atomic mass is 16.5. The Hall–Kier alpha value is -4.45. The lowest BCUT2D eigenvalue weighted by Gasteiger charge is -2.31. The summed E-state index contributed by atoms with van der Waals surface area (Å²) in [5, 5.41) is 11.4. The Morgan fingerprint density at radius 3 is 2.31 bits per heavy atom. The van der Waals surface area contributed by atoms with Crippen LogP contribution in [0.2, 0.25) is 0 Å². The van der Waals surface area contributed by atoms with Gasteiger partial charge in [-0.1, -0.05) is 62.7 Å². The molecule has 1 fully saturated rings. The first-order valence-corrected chi connectivity index (χ1v) is 17.0. The van der Waals surface area contributed by atoms with Gasteiger partial charge in [-0.05, 0) is 56.5 Å². The molecule has 0 aliphatic carbocycles. The van der Waals surface area contributed by atoms with Gasteiger partial charge in [-0.2, -0.15) is 0 Å². The van der Waals surface area contributed by atoms with Gasteiger partial charge < -0.3 is 35.8 Å². The largest absolute Gasteiger partial charge is 0.491 e. The molecule has 0 saturated carbocycles. The van der Waals surface area contributed by atoms with Gasteiger partial charge in [-0.3, -0.25) is 24.0 Å². The van der Waals surface area contributed by atoms with Gasteiger partial charge in [-0.25, -0.2) is 0 Å². The topological polar surface area (TPSA) is 149 Å². The molecule has 0 bridgehead atoms. The molecule has 1 saturated heterocycles. The lowest BCUT2D eigenvalue weighted by molar-refractivity contribution is -0.141. The number of benzene rings is 2. The summed E-state index contributed by atoms with van der Waals surface area (Å²) in [5.74, 6) is -2.49. The first kappa shape index (κ1) is 36.4. The van der Waals surface area contributed by atoms with Crippen LogP contribution in [0.5, 0.6) is 5.75 Å². The van der Waals surface area contributed by atoms with Gasteiger partial charge in [0, 0.05) is 26.6 Å². The van der Waals surface area contributed by atoms with E-state index in [2.05, 4.69) is 26.2 Å². The van der Waals surface area contributed by atoms with Crippen molar-refractivity contribution in [2.45, 2.75) is 77.0 Å². The zero-order valence-corrected chi connectivity index (χ0v) is 28.5. The highest BCUT2D eigenvalue weighted by Crippen LogP contribution is 2.20. The molecule has 2 aliphatic heterocycles. The van der Waals surface area contributed by atoms with Gasteiger partial charge >= 0.3 is 0 Å². The molecule has 0 spiro atoms. The number of likely N-dealkylation sites (N-methyl/N-ethyl adjacent to an activating group) is 1. The molecule has 0 radical (unpaired) electrons. The number of carbonyl (C=O) groups excluding carboxylic acids is 5. The van der Waals surface area contributed by atoms with Gasteiger partial charge in [0.15, 0.2) is 0 Å². The van der Waals surface area contributed by atoms with Gasteiger partial charge in [0.2, 0.25) is 23.6 Å². The Balaban J connectivity index is 1.65. The zero-order valence-electron chi connectivity index (χ0n) is 28.5. The maximum Gasteiger partial charge on any atom is 0.255 e. The quantitative estimate of drug-likeness (QED) is 0.354. The van der Waals surface area contributed by atoms with E-state index < -0.39 is 53.7 Å². The van der Waals surface area contributed by atoms with Crippen LogP contribution in [0.15, 0.2) is 54.6 Å². The van der Waals surface area contributed by atoms with Crippen LogP contribution in [0.3, 0.4) is 0 Å². The number of ether oxygens (including phenoxy) is 1. The number of hydrogen-bond acceptors (Lipinski definition) is 7. The third-order valence-corrected chi connectivity index (χ3v) is 8.87. The van der Waals surface area contributed by atoms with Crippen molar-refractivity contribution in [3.8, 4) is 5.75 Å². The number of fused-ring (bicyclic) bond motifs is 1. The second-order valence-electron chi connectivity index (χ2n) is 13.1. The summed E-state index contributed by atoms with van der Waals surface area (Å²) in [7, 11) is 1.51. The lowest BCUT2D eigenvalue weighted by atomic mass is 9.99. The zero-order chi connectivity index (χ0) is 34.6. The van der Waals surface area contributed by atoms with Crippen molar-refractivity contribution in [1.29, 1.82) is 0 Å². The van der Waals surface area contributed by atoms with Crippen molar-refractivity contribution < 1.29 is 28.7 Å². The van der Waals surface area contributed by atoms with Crippen LogP contribution < -0.4 is 26.0 Å². The number of nitrogens with zero attached hydrogens (tertiary/aromatic N) is 2. The summed E-state index contributed by atoms with van der Waals surface area (Å²) in [5.41, 5.74) is 1.00. The number of nitrogens with one attached hydrogen (secondary N) is 4. The predicted molar refractivity (Wildman–Crippen MR) is 182 cm³/mol. The molecule has 12 nitrogen and oxygen atoms in total. The third kappa shape index (κ3) is 10.3. The molecule has 260 valence electrons. The Morgan fingerprint density at radius 1 is 0.917 bits per heavy atom. The molecule has 0 aromatic heterocycles. The molecule has 48 heavy (non-hydrogen) atoms. The van der Waals surface area contributed by atoms with E-state index in [-0.39, 0.29) is 36.7 Å². The number of para-hydroxylation sites is 1. The smallest absolute Gasteiger partial charge is 0.255 e. The highest BCUT2D eigenvalue weighted by Gasteiger charge is 2.35. The average molecular weight is 663 g/mol. The van der Waals surface area contributed by atoms with E-state index >= 15 is 0 Å². The van der Waals surface area contributed by atoms with E-state index in [4.69, 9.17) is 4.74 Å². The van der Waals surface area contributed by atoms with Crippen LogP contribution in [0.25, 0.3) is 0 Å². The first-order chi connectivity index (χ1) is 23.0. The molecule has 5 amide bonds. The van der Waals surface area contributed by atoms with Crippen molar-refractivity contribution in [2.75, 3.05) is 39.8 Å². The maximum absolute atomic E-state index is 13.9. The van der Waals surface area contributed by atoms with E-state index in [1.807, 2.05) is 44.2 Å². The molecule has 12 heteroatoms. The summed E-state index contributed by atoms with van der Waals surface area (Å²) >= 11 is 0. The number of amides is 5.